The first-order valence-electron chi connectivity index (χ1n) is 6.23. The van der Waals surface area contributed by atoms with Crippen LogP contribution in [0.2, 0.25) is 0 Å². The largest absolute Gasteiger partial charge is 0.493 e. The van der Waals surface area contributed by atoms with E-state index in [9.17, 15) is 0 Å². The van der Waals surface area contributed by atoms with Crippen LogP contribution < -0.4 is 14.8 Å². The Morgan fingerprint density at radius 3 is 2.39 bits per heavy atom. The molecule has 0 unspecified atom stereocenters. The Hall–Kier alpha value is -0.930. The lowest BCUT2D eigenvalue weighted by Crippen LogP contribution is -2.14. The van der Waals surface area contributed by atoms with Crippen LogP contribution >= 0.6 is 12.4 Å². The van der Waals surface area contributed by atoms with Crippen LogP contribution in [0.25, 0.3) is 0 Å². The molecule has 0 saturated carbocycles. The summed E-state index contributed by atoms with van der Waals surface area (Å²) in [5.74, 6) is 1.57. The highest BCUT2D eigenvalue weighted by Gasteiger charge is 2.03. The highest BCUT2D eigenvalue weighted by atomic mass is 35.5. The average Bonchev–Trinajstić information content (AvgIpc) is 2.38. The van der Waals surface area contributed by atoms with Crippen molar-refractivity contribution in [2.75, 3.05) is 20.8 Å². The van der Waals surface area contributed by atoms with E-state index in [2.05, 4.69) is 18.3 Å². The van der Waals surface area contributed by atoms with Gasteiger partial charge in [-0.15, -0.1) is 12.4 Å². The number of nitrogens with one attached hydrogen (secondary N) is 1. The first kappa shape index (κ1) is 17.1. The zero-order valence-corrected chi connectivity index (χ0v) is 12.3. The summed E-state index contributed by atoms with van der Waals surface area (Å²) in [5, 5.41) is 3.43. The molecule has 0 atom stereocenters. The molecule has 3 nitrogen and oxygen atoms in total. The molecule has 0 spiro atoms. The molecule has 1 rings (SSSR count). The molecule has 0 amide bonds. The number of hydrogen-bond donors (Lipinski definition) is 1. The molecule has 0 fully saturated rings. The molecule has 0 bridgehead atoms. The van der Waals surface area contributed by atoms with E-state index >= 15 is 0 Å². The molecule has 0 heterocycles. The number of hydrogen-bond acceptors (Lipinski definition) is 3. The second-order valence-electron chi connectivity index (χ2n) is 4.07. The zero-order chi connectivity index (χ0) is 12.5. The molecular weight excluding hydrogens is 250 g/mol. The van der Waals surface area contributed by atoms with E-state index < -0.39 is 0 Å². The molecule has 1 aromatic rings. The van der Waals surface area contributed by atoms with Crippen molar-refractivity contribution in [3.05, 3.63) is 23.8 Å². The number of unbranched alkanes of at least 4 members (excludes halogenated alkanes) is 2. The predicted molar refractivity (Wildman–Crippen MR) is 78.0 cm³/mol. The third-order valence-electron chi connectivity index (χ3n) is 2.73. The van der Waals surface area contributed by atoms with Crippen molar-refractivity contribution in [2.24, 2.45) is 0 Å². The average molecular weight is 274 g/mol. The van der Waals surface area contributed by atoms with Crippen LogP contribution in [0.1, 0.15) is 31.7 Å². The molecule has 1 N–H and O–H groups in total. The van der Waals surface area contributed by atoms with E-state index in [4.69, 9.17) is 9.47 Å². The Labute approximate surface area is 116 Å². The molecule has 104 valence electrons. The van der Waals surface area contributed by atoms with E-state index in [1.807, 2.05) is 12.1 Å². The van der Waals surface area contributed by atoms with Crippen LogP contribution in [0.3, 0.4) is 0 Å². The lowest BCUT2D eigenvalue weighted by molar-refractivity contribution is 0.354. The van der Waals surface area contributed by atoms with Gasteiger partial charge in [-0.05, 0) is 30.7 Å². The summed E-state index contributed by atoms with van der Waals surface area (Å²) in [5.41, 5.74) is 1.22. The summed E-state index contributed by atoms with van der Waals surface area (Å²) in [7, 11) is 3.32. The van der Waals surface area contributed by atoms with Gasteiger partial charge in [0.15, 0.2) is 11.5 Å². The minimum atomic E-state index is 0. The van der Waals surface area contributed by atoms with Gasteiger partial charge in [0.2, 0.25) is 0 Å². The number of methoxy groups -OCH3 is 2. The van der Waals surface area contributed by atoms with Crippen LogP contribution in [0, 0.1) is 0 Å². The molecule has 18 heavy (non-hydrogen) atoms. The number of ether oxygens (including phenoxy) is 2. The Morgan fingerprint density at radius 2 is 1.78 bits per heavy atom. The summed E-state index contributed by atoms with van der Waals surface area (Å²) >= 11 is 0. The summed E-state index contributed by atoms with van der Waals surface area (Å²) in [6, 6.07) is 6.03. The van der Waals surface area contributed by atoms with E-state index in [-0.39, 0.29) is 12.4 Å². The van der Waals surface area contributed by atoms with Crippen molar-refractivity contribution in [1.82, 2.24) is 5.32 Å². The third-order valence-corrected chi connectivity index (χ3v) is 2.73. The highest BCUT2D eigenvalue weighted by molar-refractivity contribution is 5.85. The molecule has 0 aromatic heterocycles. The Bertz CT molecular complexity index is 332. The van der Waals surface area contributed by atoms with Gasteiger partial charge in [0.05, 0.1) is 14.2 Å². The van der Waals surface area contributed by atoms with Crippen LogP contribution in [0.4, 0.5) is 0 Å². The predicted octanol–water partition coefficient (Wildman–Crippen LogP) is 3.41. The number of rotatable bonds is 8. The fourth-order valence-electron chi connectivity index (χ4n) is 1.72. The smallest absolute Gasteiger partial charge is 0.161 e. The van der Waals surface area contributed by atoms with E-state index in [1.165, 1.54) is 24.8 Å². The zero-order valence-electron chi connectivity index (χ0n) is 11.5. The van der Waals surface area contributed by atoms with Gasteiger partial charge in [-0.1, -0.05) is 25.8 Å². The van der Waals surface area contributed by atoms with Gasteiger partial charge in [-0.25, -0.2) is 0 Å². The monoisotopic (exact) mass is 273 g/mol. The summed E-state index contributed by atoms with van der Waals surface area (Å²) in [6.45, 7) is 4.17. The lowest BCUT2D eigenvalue weighted by atomic mass is 10.2. The van der Waals surface area contributed by atoms with Gasteiger partial charge in [0.1, 0.15) is 0 Å². The first-order chi connectivity index (χ1) is 8.31. The standard InChI is InChI=1S/C14H23NO2.ClH/c1-4-5-6-9-15-11-12-7-8-13(16-2)14(10-12)17-3;/h7-8,10,15H,4-6,9,11H2,1-3H3;1H. The molecule has 0 aliphatic rings. The van der Waals surface area contributed by atoms with Gasteiger partial charge in [-0.2, -0.15) is 0 Å². The van der Waals surface area contributed by atoms with Crippen LogP contribution in [0.5, 0.6) is 11.5 Å². The van der Waals surface area contributed by atoms with Crippen LogP contribution in [0.15, 0.2) is 18.2 Å². The maximum Gasteiger partial charge on any atom is 0.161 e. The Morgan fingerprint density at radius 1 is 1.06 bits per heavy atom. The van der Waals surface area contributed by atoms with Crippen molar-refractivity contribution >= 4 is 12.4 Å². The summed E-state index contributed by atoms with van der Waals surface area (Å²) < 4.78 is 10.5. The maximum absolute atomic E-state index is 5.27. The first-order valence-corrected chi connectivity index (χ1v) is 6.23. The van der Waals surface area contributed by atoms with Gasteiger partial charge in [0, 0.05) is 6.54 Å². The molecule has 0 saturated heterocycles. The summed E-state index contributed by atoms with van der Waals surface area (Å²) in [6.07, 6.45) is 3.79. The van der Waals surface area contributed by atoms with Crippen molar-refractivity contribution in [3.63, 3.8) is 0 Å². The molecule has 1 aromatic carbocycles. The van der Waals surface area contributed by atoms with Gasteiger partial charge in [0.25, 0.3) is 0 Å². The number of halogens is 1. The fourth-order valence-corrected chi connectivity index (χ4v) is 1.72. The summed E-state index contributed by atoms with van der Waals surface area (Å²) in [4.78, 5) is 0. The van der Waals surface area contributed by atoms with Gasteiger partial charge in [-0.3, -0.25) is 0 Å². The minimum absolute atomic E-state index is 0. The fraction of sp³-hybridized carbons (Fsp3) is 0.571. The topological polar surface area (TPSA) is 30.5 Å². The highest BCUT2D eigenvalue weighted by Crippen LogP contribution is 2.27. The van der Waals surface area contributed by atoms with Gasteiger partial charge < -0.3 is 14.8 Å². The van der Waals surface area contributed by atoms with Crippen molar-refractivity contribution in [2.45, 2.75) is 32.7 Å². The third kappa shape index (κ3) is 5.61. The van der Waals surface area contributed by atoms with Gasteiger partial charge >= 0.3 is 0 Å². The second-order valence-corrected chi connectivity index (χ2v) is 4.07. The molecule has 0 radical (unpaired) electrons. The molecular formula is C14H24ClNO2. The van der Waals surface area contributed by atoms with Crippen LogP contribution in [-0.4, -0.2) is 20.8 Å². The van der Waals surface area contributed by atoms with Crippen molar-refractivity contribution < 1.29 is 9.47 Å². The quantitative estimate of drug-likeness (QED) is 0.737. The Kier molecular flexibility index (Phi) is 9.52. The minimum Gasteiger partial charge on any atom is -0.493 e. The normalized spacial score (nSPS) is 9.72. The molecule has 4 heteroatoms. The van der Waals surface area contributed by atoms with E-state index in [1.54, 1.807) is 14.2 Å². The SMILES string of the molecule is CCCCCNCc1ccc(OC)c(OC)c1.Cl. The maximum atomic E-state index is 5.27. The molecule has 0 aliphatic heterocycles. The molecule has 0 aliphatic carbocycles. The van der Waals surface area contributed by atoms with Crippen molar-refractivity contribution in [1.29, 1.82) is 0 Å². The number of benzene rings is 1. The van der Waals surface area contributed by atoms with E-state index in [0.717, 1.165) is 24.6 Å². The van der Waals surface area contributed by atoms with Crippen LogP contribution in [-0.2, 0) is 6.54 Å². The Balaban J connectivity index is 0.00000289. The van der Waals surface area contributed by atoms with E-state index in [0.29, 0.717) is 0 Å². The lowest BCUT2D eigenvalue weighted by Gasteiger charge is -2.10. The second kappa shape index (κ2) is 10.0. The van der Waals surface area contributed by atoms with Crippen molar-refractivity contribution in [3.8, 4) is 11.5 Å².